The summed E-state index contributed by atoms with van der Waals surface area (Å²) < 4.78 is 0. The van der Waals surface area contributed by atoms with Crippen LogP contribution in [0.15, 0.2) is 11.6 Å². The van der Waals surface area contributed by atoms with Gasteiger partial charge in [0.25, 0.3) is 0 Å². The third-order valence-electron chi connectivity index (χ3n) is 2.14. The number of carbonyl (C=O) groups excluding carboxylic acids is 1. The van der Waals surface area contributed by atoms with Crippen LogP contribution in [0.2, 0.25) is 0 Å². The van der Waals surface area contributed by atoms with Gasteiger partial charge in [-0.25, -0.2) is 0 Å². The standard InChI is InChI=1S/C8H10O/c1-5-2-6(3-5)7-4-8(7)9/h2,5,7H,3-4H2,1H3/t5-,7-/m1/s1. The van der Waals surface area contributed by atoms with E-state index in [0.29, 0.717) is 11.7 Å². The fraction of sp³-hybridized carbons (Fsp3) is 0.625. The van der Waals surface area contributed by atoms with Gasteiger partial charge in [-0.15, -0.1) is 0 Å². The molecule has 0 aromatic rings. The first-order valence-corrected chi connectivity index (χ1v) is 3.50. The Morgan fingerprint density at radius 2 is 2.11 bits per heavy atom. The van der Waals surface area contributed by atoms with Crippen LogP contribution >= 0.6 is 0 Å². The fourth-order valence-electron chi connectivity index (χ4n) is 1.44. The van der Waals surface area contributed by atoms with E-state index in [1.165, 1.54) is 12.0 Å². The molecule has 2 atom stereocenters. The third kappa shape index (κ3) is 0.716. The van der Waals surface area contributed by atoms with Crippen LogP contribution in [0.4, 0.5) is 0 Å². The number of ketones is 1. The molecule has 2 rings (SSSR count). The molecule has 9 heavy (non-hydrogen) atoms. The lowest BCUT2D eigenvalue weighted by atomic mass is 9.85. The van der Waals surface area contributed by atoms with Gasteiger partial charge in [-0.1, -0.05) is 18.6 Å². The normalized spacial score (nSPS) is 39.7. The van der Waals surface area contributed by atoms with E-state index in [-0.39, 0.29) is 0 Å². The maximum Gasteiger partial charge on any atom is 0.141 e. The summed E-state index contributed by atoms with van der Waals surface area (Å²) in [6.07, 6.45) is 4.24. The molecule has 1 heteroatoms. The van der Waals surface area contributed by atoms with Crippen molar-refractivity contribution in [1.29, 1.82) is 0 Å². The van der Waals surface area contributed by atoms with Crippen LogP contribution in [0.1, 0.15) is 19.8 Å². The molecule has 0 radical (unpaired) electrons. The van der Waals surface area contributed by atoms with Gasteiger partial charge in [-0.3, -0.25) is 4.79 Å². The molecule has 0 aromatic heterocycles. The Hall–Kier alpha value is -0.590. The molecule has 0 spiro atoms. The van der Waals surface area contributed by atoms with Gasteiger partial charge in [0.2, 0.25) is 0 Å². The van der Waals surface area contributed by atoms with Gasteiger partial charge in [0.1, 0.15) is 5.78 Å². The minimum atomic E-state index is 0.376. The zero-order chi connectivity index (χ0) is 6.43. The van der Waals surface area contributed by atoms with Crippen molar-refractivity contribution in [2.75, 3.05) is 0 Å². The summed E-state index contributed by atoms with van der Waals surface area (Å²) in [4.78, 5) is 10.6. The average molecular weight is 122 g/mol. The Labute approximate surface area is 54.8 Å². The smallest absolute Gasteiger partial charge is 0.141 e. The van der Waals surface area contributed by atoms with Crippen LogP contribution in [-0.2, 0) is 4.79 Å². The molecule has 48 valence electrons. The molecule has 0 aromatic carbocycles. The van der Waals surface area contributed by atoms with Crippen molar-refractivity contribution in [3.05, 3.63) is 11.6 Å². The maximum absolute atomic E-state index is 10.6. The molecular formula is C8H10O. The van der Waals surface area contributed by atoms with Crippen molar-refractivity contribution < 1.29 is 4.79 Å². The Morgan fingerprint density at radius 1 is 1.56 bits per heavy atom. The lowest BCUT2D eigenvalue weighted by Gasteiger charge is -2.20. The van der Waals surface area contributed by atoms with Crippen molar-refractivity contribution in [3.8, 4) is 0 Å². The van der Waals surface area contributed by atoms with E-state index in [4.69, 9.17) is 0 Å². The third-order valence-corrected chi connectivity index (χ3v) is 2.14. The predicted octanol–water partition coefficient (Wildman–Crippen LogP) is 1.54. The quantitative estimate of drug-likeness (QED) is 0.482. The first-order valence-electron chi connectivity index (χ1n) is 3.50. The van der Waals surface area contributed by atoms with Gasteiger partial charge >= 0.3 is 0 Å². The van der Waals surface area contributed by atoms with Crippen LogP contribution in [0.3, 0.4) is 0 Å². The highest BCUT2D eigenvalue weighted by atomic mass is 16.1. The molecule has 0 N–H and O–H groups in total. The minimum Gasteiger partial charge on any atom is -0.299 e. The highest BCUT2D eigenvalue weighted by Crippen LogP contribution is 2.41. The fourth-order valence-corrected chi connectivity index (χ4v) is 1.44. The molecule has 0 heterocycles. The molecule has 0 unspecified atom stereocenters. The Morgan fingerprint density at radius 3 is 2.44 bits per heavy atom. The number of carbonyl (C=O) groups is 1. The van der Waals surface area contributed by atoms with Crippen LogP contribution in [0.25, 0.3) is 0 Å². The van der Waals surface area contributed by atoms with Gasteiger partial charge < -0.3 is 0 Å². The monoisotopic (exact) mass is 122 g/mol. The van der Waals surface area contributed by atoms with Crippen LogP contribution in [0, 0.1) is 11.8 Å². The van der Waals surface area contributed by atoms with E-state index in [1.807, 2.05) is 0 Å². The second-order valence-electron chi connectivity index (χ2n) is 3.15. The summed E-state index contributed by atoms with van der Waals surface area (Å²) in [6, 6.07) is 0. The first-order chi connectivity index (χ1) is 4.27. The molecule has 0 saturated heterocycles. The van der Waals surface area contributed by atoms with Crippen molar-refractivity contribution in [2.24, 2.45) is 11.8 Å². The van der Waals surface area contributed by atoms with Gasteiger partial charge in [-0.2, -0.15) is 0 Å². The Balaban J connectivity index is 2.03. The summed E-state index contributed by atoms with van der Waals surface area (Å²) in [5, 5.41) is 0. The van der Waals surface area contributed by atoms with E-state index in [1.54, 1.807) is 0 Å². The SMILES string of the molecule is C[C@@H]1C=C([C@H]2CC2=O)C1. The summed E-state index contributed by atoms with van der Waals surface area (Å²) in [7, 11) is 0. The van der Waals surface area contributed by atoms with Gasteiger partial charge in [0, 0.05) is 12.3 Å². The summed E-state index contributed by atoms with van der Waals surface area (Å²) in [6.45, 7) is 2.19. The van der Waals surface area contributed by atoms with E-state index in [0.717, 1.165) is 12.3 Å². The van der Waals surface area contributed by atoms with Crippen LogP contribution < -0.4 is 0 Å². The van der Waals surface area contributed by atoms with E-state index < -0.39 is 0 Å². The average Bonchev–Trinajstić information content (AvgIpc) is 2.38. The van der Waals surface area contributed by atoms with E-state index in [2.05, 4.69) is 13.0 Å². The maximum atomic E-state index is 10.6. The first kappa shape index (κ1) is 5.21. The number of hydrogen-bond donors (Lipinski definition) is 0. The second-order valence-corrected chi connectivity index (χ2v) is 3.15. The van der Waals surface area contributed by atoms with E-state index >= 15 is 0 Å². The van der Waals surface area contributed by atoms with Gasteiger partial charge in [0.15, 0.2) is 0 Å². The van der Waals surface area contributed by atoms with Crippen molar-refractivity contribution in [1.82, 2.24) is 0 Å². The van der Waals surface area contributed by atoms with E-state index in [9.17, 15) is 4.79 Å². The molecule has 0 amide bonds. The predicted molar refractivity (Wildman–Crippen MR) is 35.0 cm³/mol. The van der Waals surface area contributed by atoms with Crippen molar-refractivity contribution >= 4 is 5.78 Å². The number of allylic oxidation sites excluding steroid dienone is 2. The Kier molecular flexibility index (Phi) is 0.850. The number of rotatable bonds is 1. The molecule has 2 aliphatic rings. The van der Waals surface area contributed by atoms with Gasteiger partial charge in [0.05, 0.1) is 0 Å². The highest BCUT2D eigenvalue weighted by molar-refractivity contribution is 5.99. The zero-order valence-corrected chi connectivity index (χ0v) is 5.55. The number of hydrogen-bond acceptors (Lipinski definition) is 1. The van der Waals surface area contributed by atoms with Gasteiger partial charge in [-0.05, 0) is 12.3 Å². The summed E-state index contributed by atoms with van der Waals surface area (Å²) in [5.41, 5.74) is 1.41. The summed E-state index contributed by atoms with van der Waals surface area (Å²) in [5.74, 6) is 1.57. The summed E-state index contributed by atoms with van der Waals surface area (Å²) >= 11 is 0. The molecular weight excluding hydrogens is 112 g/mol. The van der Waals surface area contributed by atoms with Crippen molar-refractivity contribution in [2.45, 2.75) is 19.8 Å². The lowest BCUT2D eigenvalue weighted by Crippen LogP contribution is -2.07. The molecule has 0 bridgehead atoms. The molecule has 2 aliphatic carbocycles. The van der Waals surface area contributed by atoms with Crippen molar-refractivity contribution in [3.63, 3.8) is 0 Å². The Bertz CT molecular complexity index is 191. The number of Topliss-reactive ketones (excluding diaryl/α,β-unsaturated/α-hetero) is 1. The largest absolute Gasteiger partial charge is 0.299 e. The lowest BCUT2D eigenvalue weighted by molar-refractivity contribution is -0.110. The molecule has 1 nitrogen and oxygen atoms in total. The second kappa shape index (κ2) is 1.47. The zero-order valence-electron chi connectivity index (χ0n) is 5.55. The topological polar surface area (TPSA) is 17.1 Å². The minimum absolute atomic E-state index is 0.376. The van der Waals surface area contributed by atoms with Crippen LogP contribution in [0.5, 0.6) is 0 Å². The molecule has 1 fully saturated rings. The molecule has 1 saturated carbocycles. The highest BCUT2D eigenvalue weighted by Gasteiger charge is 2.40. The van der Waals surface area contributed by atoms with Crippen LogP contribution in [-0.4, -0.2) is 5.78 Å². The molecule has 0 aliphatic heterocycles.